The molecule has 1 heterocycles. The number of hydrogen-bond donors (Lipinski definition) is 1. The summed E-state index contributed by atoms with van der Waals surface area (Å²) >= 11 is 5.04. The molecule has 0 spiro atoms. The third-order valence-electron chi connectivity index (χ3n) is 3.19. The van der Waals surface area contributed by atoms with Crippen molar-refractivity contribution in [1.29, 1.82) is 0 Å². The van der Waals surface area contributed by atoms with Gasteiger partial charge in [-0.3, -0.25) is 0 Å². The van der Waals surface area contributed by atoms with Crippen molar-refractivity contribution in [3.63, 3.8) is 0 Å². The maximum absolute atomic E-state index is 5.87. The molecule has 0 unspecified atom stereocenters. The van der Waals surface area contributed by atoms with Gasteiger partial charge in [0, 0.05) is 12.6 Å². The minimum absolute atomic E-state index is 0.0777. The SMILES string of the molecule is Cc1nn(C)c(OCC(C)(C)N(C)C)c1C(N)=S. The number of nitrogens with zero attached hydrogens (tertiary/aromatic N) is 3. The number of hydrogen-bond acceptors (Lipinski definition) is 4. The van der Waals surface area contributed by atoms with Gasteiger partial charge in [-0.25, -0.2) is 4.68 Å². The molecule has 5 nitrogen and oxygen atoms in total. The fraction of sp³-hybridized carbons (Fsp3) is 0.667. The van der Waals surface area contributed by atoms with E-state index >= 15 is 0 Å². The van der Waals surface area contributed by atoms with Crippen molar-refractivity contribution in [3.05, 3.63) is 11.3 Å². The van der Waals surface area contributed by atoms with Crippen LogP contribution in [0.3, 0.4) is 0 Å². The van der Waals surface area contributed by atoms with E-state index in [1.807, 2.05) is 28.1 Å². The number of aromatic nitrogens is 2. The molecule has 0 radical (unpaired) electrons. The lowest BCUT2D eigenvalue weighted by atomic mass is 10.1. The molecule has 0 aliphatic rings. The maximum Gasteiger partial charge on any atom is 0.222 e. The van der Waals surface area contributed by atoms with Gasteiger partial charge in [0.1, 0.15) is 11.6 Å². The minimum atomic E-state index is -0.0777. The van der Waals surface area contributed by atoms with E-state index in [9.17, 15) is 0 Å². The molecule has 1 aromatic heterocycles. The van der Waals surface area contributed by atoms with E-state index in [2.05, 4.69) is 23.8 Å². The van der Waals surface area contributed by atoms with Gasteiger partial charge in [0.15, 0.2) is 0 Å². The highest BCUT2D eigenvalue weighted by molar-refractivity contribution is 7.80. The molecule has 18 heavy (non-hydrogen) atoms. The van der Waals surface area contributed by atoms with Crippen LogP contribution in [-0.4, -0.2) is 45.9 Å². The second-order valence-corrected chi connectivity index (χ2v) is 5.69. The molecule has 0 aromatic carbocycles. The third-order valence-corrected chi connectivity index (χ3v) is 3.39. The zero-order chi connectivity index (χ0) is 14.1. The van der Waals surface area contributed by atoms with Crippen LogP contribution in [0.4, 0.5) is 0 Å². The van der Waals surface area contributed by atoms with E-state index in [0.717, 1.165) is 11.3 Å². The summed E-state index contributed by atoms with van der Waals surface area (Å²) < 4.78 is 7.54. The van der Waals surface area contributed by atoms with Crippen LogP contribution in [-0.2, 0) is 7.05 Å². The lowest BCUT2D eigenvalue weighted by Crippen LogP contribution is -2.43. The van der Waals surface area contributed by atoms with Gasteiger partial charge in [0.25, 0.3) is 0 Å². The molecular formula is C12H22N4OS. The van der Waals surface area contributed by atoms with Crippen molar-refractivity contribution in [1.82, 2.24) is 14.7 Å². The summed E-state index contributed by atoms with van der Waals surface area (Å²) in [5.74, 6) is 0.634. The average Bonchev–Trinajstić information content (AvgIpc) is 2.50. The Morgan fingerprint density at radius 2 is 2.06 bits per heavy atom. The largest absolute Gasteiger partial charge is 0.475 e. The Bertz CT molecular complexity index is 451. The second-order valence-electron chi connectivity index (χ2n) is 5.25. The first kappa shape index (κ1) is 14.9. The van der Waals surface area contributed by atoms with Crippen LogP contribution in [0.1, 0.15) is 25.1 Å². The average molecular weight is 270 g/mol. The Kier molecular flexibility index (Phi) is 4.34. The molecule has 0 aliphatic carbocycles. The Morgan fingerprint density at radius 3 is 2.50 bits per heavy atom. The molecule has 0 atom stereocenters. The van der Waals surface area contributed by atoms with Gasteiger partial charge in [-0.1, -0.05) is 12.2 Å². The predicted molar refractivity (Wildman–Crippen MR) is 77.1 cm³/mol. The highest BCUT2D eigenvalue weighted by Gasteiger charge is 2.24. The van der Waals surface area contributed by atoms with Gasteiger partial charge in [-0.2, -0.15) is 5.10 Å². The number of likely N-dealkylation sites (N-methyl/N-ethyl adjacent to an activating group) is 1. The fourth-order valence-electron chi connectivity index (χ4n) is 1.46. The first-order chi connectivity index (χ1) is 8.16. The van der Waals surface area contributed by atoms with Crippen molar-refractivity contribution < 1.29 is 4.74 Å². The van der Waals surface area contributed by atoms with Crippen LogP contribution in [0.15, 0.2) is 0 Å². The summed E-state index contributed by atoms with van der Waals surface area (Å²) in [6.45, 7) is 6.63. The second kappa shape index (κ2) is 5.24. The monoisotopic (exact) mass is 270 g/mol. The predicted octanol–water partition coefficient (Wildman–Crippen LogP) is 1.08. The zero-order valence-electron chi connectivity index (χ0n) is 11.9. The number of thiocarbonyl (C=S) groups is 1. The van der Waals surface area contributed by atoms with Crippen molar-refractivity contribution in [3.8, 4) is 5.88 Å². The van der Waals surface area contributed by atoms with Gasteiger partial charge in [-0.05, 0) is 34.9 Å². The molecule has 0 aliphatic heterocycles. The van der Waals surface area contributed by atoms with Crippen LogP contribution in [0.5, 0.6) is 5.88 Å². The summed E-state index contributed by atoms with van der Waals surface area (Å²) in [5.41, 5.74) is 7.16. The molecule has 0 amide bonds. The Labute approximate surface area is 114 Å². The van der Waals surface area contributed by atoms with E-state index in [1.165, 1.54) is 0 Å². The molecule has 0 bridgehead atoms. The van der Waals surface area contributed by atoms with Crippen LogP contribution >= 0.6 is 12.2 Å². The molecule has 102 valence electrons. The van der Waals surface area contributed by atoms with E-state index in [1.54, 1.807) is 4.68 Å². The standard InChI is InChI=1S/C12H22N4OS/c1-8-9(10(13)18)11(16(6)14-8)17-7-12(2,3)15(4)5/h7H2,1-6H3,(H2,13,18). The molecule has 6 heteroatoms. The molecule has 2 N–H and O–H groups in total. The molecule has 0 saturated carbocycles. The smallest absolute Gasteiger partial charge is 0.222 e. The number of aryl methyl sites for hydroxylation is 2. The van der Waals surface area contributed by atoms with E-state index in [4.69, 9.17) is 22.7 Å². The molecular weight excluding hydrogens is 248 g/mol. The summed E-state index contributed by atoms with van der Waals surface area (Å²) in [6, 6.07) is 0. The first-order valence-electron chi connectivity index (χ1n) is 5.80. The summed E-state index contributed by atoms with van der Waals surface area (Å²) in [6.07, 6.45) is 0. The summed E-state index contributed by atoms with van der Waals surface area (Å²) in [4.78, 5) is 2.43. The highest BCUT2D eigenvalue weighted by Crippen LogP contribution is 2.23. The zero-order valence-corrected chi connectivity index (χ0v) is 12.8. The van der Waals surface area contributed by atoms with Gasteiger partial charge < -0.3 is 15.4 Å². The van der Waals surface area contributed by atoms with Gasteiger partial charge >= 0.3 is 0 Å². The first-order valence-corrected chi connectivity index (χ1v) is 6.21. The third kappa shape index (κ3) is 3.00. The van der Waals surface area contributed by atoms with Crippen LogP contribution in [0.2, 0.25) is 0 Å². The minimum Gasteiger partial charge on any atom is -0.475 e. The Morgan fingerprint density at radius 1 is 1.50 bits per heavy atom. The Hall–Kier alpha value is -1.14. The molecule has 0 fully saturated rings. The molecule has 1 aromatic rings. The van der Waals surface area contributed by atoms with Crippen LogP contribution in [0, 0.1) is 6.92 Å². The van der Waals surface area contributed by atoms with Gasteiger partial charge in [-0.15, -0.1) is 0 Å². The quantitative estimate of drug-likeness (QED) is 0.812. The summed E-state index contributed by atoms with van der Waals surface area (Å²) in [7, 11) is 5.87. The van der Waals surface area contributed by atoms with Crippen molar-refractivity contribution >= 4 is 17.2 Å². The van der Waals surface area contributed by atoms with Crippen molar-refractivity contribution in [2.24, 2.45) is 12.8 Å². The van der Waals surface area contributed by atoms with Crippen molar-refractivity contribution in [2.75, 3.05) is 20.7 Å². The number of rotatable bonds is 5. The molecule has 0 saturated heterocycles. The van der Waals surface area contributed by atoms with Crippen LogP contribution < -0.4 is 10.5 Å². The normalized spacial score (nSPS) is 11.9. The van der Waals surface area contributed by atoms with E-state index in [0.29, 0.717) is 17.5 Å². The lowest BCUT2D eigenvalue weighted by molar-refractivity contribution is 0.108. The lowest BCUT2D eigenvalue weighted by Gasteiger charge is -2.32. The van der Waals surface area contributed by atoms with Gasteiger partial charge in [0.2, 0.25) is 5.88 Å². The number of nitrogens with two attached hydrogens (primary N) is 1. The van der Waals surface area contributed by atoms with Crippen LogP contribution in [0.25, 0.3) is 0 Å². The highest BCUT2D eigenvalue weighted by atomic mass is 32.1. The van der Waals surface area contributed by atoms with Gasteiger partial charge in [0.05, 0.1) is 11.3 Å². The summed E-state index contributed by atoms with van der Waals surface area (Å²) in [5, 5.41) is 4.29. The maximum atomic E-state index is 5.87. The van der Waals surface area contributed by atoms with E-state index < -0.39 is 0 Å². The Balaban J connectivity index is 2.95. The molecule has 1 rings (SSSR count). The number of ether oxygens (including phenoxy) is 1. The van der Waals surface area contributed by atoms with E-state index in [-0.39, 0.29) is 5.54 Å². The fourth-order valence-corrected chi connectivity index (χ4v) is 1.70. The topological polar surface area (TPSA) is 56.3 Å². The van der Waals surface area contributed by atoms with Crippen molar-refractivity contribution in [2.45, 2.75) is 26.3 Å².